The summed E-state index contributed by atoms with van der Waals surface area (Å²) < 4.78 is 0. The van der Waals surface area contributed by atoms with E-state index >= 15 is 0 Å². The summed E-state index contributed by atoms with van der Waals surface area (Å²) in [6.45, 7) is 6.38. The van der Waals surface area contributed by atoms with E-state index in [4.69, 9.17) is 11.6 Å². The van der Waals surface area contributed by atoms with Gasteiger partial charge in [-0.05, 0) is 20.3 Å². The van der Waals surface area contributed by atoms with Gasteiger partial charge in [-0.25, -0.2) is 4.79 Å². The van der Waals surface area contributed by atoms with Crippen molar-refractivity contribution in [3.8, 4) is 0 Å². The summed E-state index contributed by atoms with van der Waals surface area (Å²) in [6.07, 6.45) is 0.857. The first-order valence-corrected chi connectivity index (χ1v) is 5.26. The van der Waals surface area contributed by atoms with E-state index in [1.807, 2.05) is 20.8 Å². The number of hydrogen-bond donors (Lipinski definition) is 1. The molecule has 0 aromatic rings. The van der Waals surface area contributed by atoms with Crippen LogP contribution in [-0.2, 0) is 4.79 Å². The van der Waals surface area contributed by atoms with Crippen LogP contribution in [0.4, 0.5) is 4.79 Å². The van der Waals surface area contributed by atoms with E-state index < -0.39 is 5.91 Å². The highest BCUT2D eigenvalue weighted by molar-refractivity contribution is 6.28. The fourth-order valence-corrected chi connectivity index (χ4v) is 1.17. The molecule has 0 bridgehead atoms. The number of rotatable bonds is 4. The third-order valence-corrected chi connectivity index (χ3v) is 2.33. The molecule has 82 valence electrons. The molecule has 1 unspecified atom stereocenters. The number of amides is 3. The van der Waals surface area contributed by atoms with Crippen molar-refractivity contribution in [2.75, 3.05) is 12.4 Å². The molecule has 4 nitrogen and oxygen atoms in total. The quantitative estimate of drug-likeness (QED) is 0.732. The van der Waals surface area contributed by atoms with Crippen LogP contribution < -0.4 is 5.32 Å². The minimum atomic E-state index is -0.460. The molecular formula is C9H17ClN2O2. The van der Waals surface area contributed by atoms with Crippen LogP contribution in [0.25, 0.3) is 0 Å². The Bertz CT molecular complexity index is 209. The van der Waals surface area contributed by atoms with Gasteiger partial charge in [-0.15, -0.1) is 11.6 Å². The minimum absolute atomic E-state index is 0.128. The highest BCUT2D eigenvalue weighted by atomic mass is 35.5. The van der Waals surface area contributed by atoms with Gasteiger partial charge in [0, 0.05) is 12.6 Å². The molecule has 3 amide bonds. The predicted molar refractivity (Wildman–Crippen MR) is 56.4 cm³/mol. The van der Waals surface area contributed by atoms with Crippen LogP contribution in [0.2, 0.25) is 0 Å². The molecule has 0 spiro atoms. The normalized spacial score (nSPS) is 12.0. The molecule has 0 aromatic heterocycles. The summed E-state index contributed by atoms with van der Waals surface area (Å²) in [6, 6.07) is -0.240. The van der Waals surface area contributed by atoms with Crippen molar-refractivity contribution in [3.05, 3.63) is 0 Å². The number of imide groups is 1. The molecule has 0 fully saturated rings. The zero-order valence-electron chi connectivity index (χ0n) is 8.84. The van der Waals surface area contributed by atoms with Gasteiger partial charge >= 0.3 is 6.03 Å². The molecule has 1 atom stereocenters. The van der Waals surface area contributed by atoms with Crippen molar-refractivity contribution in [2.45, 2.75) is 33.2 Å². The van der Waals surface area contributed by atoms with Gasteiger partial charge in [-0.3, -0.25) is 10.1 Å². The van der Waals surface area contributed by atoms with E-state index in [0.29, 0.717) is 6.54 Å². The number of nitrogens with one attached hydrogen (secondary N) is 1. The topological polar surface area (TPSA) is 49.4 Å². The third kappa shape index (κ3) is 3.96. The van der Waals surface area contributed by atoms with Crippen LogP contribution >= 0.6 is 11.6 Å². The summed E-state index contributed by atoms with van der Waals surface area (Å²) in [7, 11) is 0. The van der Waals surface area contributed by atoms with Gasteiger partial charge in [0.15, 0.2) is 0 Å². The lowest BCUT2D eigenvalue weighted by Crippen LogP contribution is -2.47. The van der Waals surface area contributed by atoms with Crippen molar-refractivity contribution < 1.29 is 9.59 Å². The highest BCUT2D eigenvalue weighted by Crippen LogP contribution is 2.02. The van der Waals surface area contributed by atoms with Crippen molar-refractivity contribution in [3.63, 3.8) is 0 Å². The van der Waals surface area contributed by atoms with Crippen LogP contribution in [0.15, 0.2) is 0 Å². The standard InChI is InChI=1S/C9H17ClN2O2/c1-4-7(3)12(5-2)9(14)11-8(13)6-10/h7H,4-6H2,1-3H3,(H,11,13,14). The lowest BCUT2D eigenvalue weighted by molar-refractivity contribution is -0.117. The maximum absolute atomic E-state index is 11.5. The molecule has 0 aliphatic rings. The van der Waals surface area contributed by atoms with Crippen LogP contribution in [0.5, 0.6) is 0 Å². The number of nitrogens with zero attached hydrogens (tertiary/aromatic N) is 1. The van der Waals surface area contributed by atoms with Gasteiger partial charge in [-0.2, -0.15) is 0 Å². The summed E-state index contributed by atoms with van der Waals surface area (Å²) >= 11 is 5.27. The molecule has 1 N–H and O–H groups in total. The van der Waals surface area contributed by atoms with Gasteiger partial charge in [0.25, 0.3) is 0 Å². The van der Waals surface area contributed by atoms with Crippen molar-refractivity contribution in [1.29, 1.82) is 0 Å². The Balaban J connectivity index is 4.24. The maximum Gasteiger partial charge on any atom is 0.324 e. The zero-order valence-corrected chi connectivity index (χ0v) is 9.60. The summed E-state index contributed by atoms with van der Waals surface area (Å²) in [5, 5.41) is 2.21. The van der Waals surface area contributed by atoms with E-state index in [1.54, 1.807) is 4.90 Å². The molecule has 14 heavy (non-hydrogen) atoms. The van der Waals surface area contributed by atoms with Gasteiger partial charge < -0.3 is 4.90 Å². The second-order valence-corrected chi connectivity index (χ2v) is 3.30. The second-order valence-electron chi connectivity index (χ2n) is 3.03. The molecule has 0 aliphatic heterocycles. The fraction of sp³-hybridized carbons (Fsp3) is 0.778. The predicted octanol–water partition coefficient (Wildman–Crippen LogP) is 1.58. The molecule has 0 heterocycles. The van der Waals surface area contributed by atoms with Crippen molar-refractivity contribution in [2.24, 2.45) is 0 Å². The Labute approximate surface area is 89.6 Å². The molecular weight excluding hydrogens is 204 g/mol. The maximum atomic E-state index is 11.5. The third-order valence-electron chi connectivity index (χ3n) is 2.09. The Morgan fingerprint density at radius 3 is 2.36 bits per heavy atom. The molecule has 0 rings (SSSR count). The van der Waals surface area contributed by atoms with E-state index in [0.717, 1.165) is 6.42 Å². The van der Waals surface area contributed by atoms with Crippen LogP contribution in [-0.4, -0.2) is 35.3 Å². The largest absolute Gasteiger partial charge is 0.324 e. The van der Waals surface area contributed by atoms with Crippen LogP contribution in [0.3, 0.4) is 0 Å². The number of halogens is 1. The number of alkyl halides is 1. The minimum Gasteiger partial charge on any atom is -0.322 e. The van der Waals surface area contributed by atoms with E-state index in [2.05, 4.69) is 5.32 Å². The Morgan fingerprint density at radius 1 is 1.43 bits per heavy atom. The highest BCUT2D eigenvalue weighted by Gasteiger charge is 2.18. The average Bonchev–Trinajstić information content (AvgIpc) is 2.18. The smallest absolute Gasteiger partial charge is 0.322 e. The lowest BCUT2D eigenvalue weighted by Gasteiger charge is -2.26. The number of carbonyl (C=O) groups is 2. The first-order valence-electron chi connectivity index (χ1n) is 4.73. The van der Waals surface area contributed by atoms with Crippen LogP contribution in [0, 0.1) is 0 Å². The van der Waals surface area contributed by atoms with E-state index in [9.17, 15) is 9.59 Å². The molecule has 0 aliphatic carbocycles. The average molecular weight is 221 g/mol. The van der Waals surface area contributed by atoms with Crippen LogP contribution in [0.1, 0.15) is 27.2 Å². The van der Waals surface area contributed by atoms with Gasteiger partial charge in [0.1, 0.15) is 5.88 Å². The number of hydrogen-bond acceptors (Lipinski definition) is 2. The van der Waals surface area contributed by atoms with Gasteiger partial charge in [0.2, 0.25) is 5.91 Å². The van der Waals surface area contributed by atoms with E-state index in [-0.39, 0.29) is 18.0 Å². The summed E-state index contributed by atoms with van der Waals surface area (Å²) in [5.41, 5.74) is 0. The molecule has 0 aromatic carbocycles. The summed E-state index contributed by atoms with van der Waals surface area (Å²) in [4.78, 5) is 23.9. The van der Waals surface area contributed by atoms with Gasteiger partial charge in [-0.1, -0.05) is 6.92 Å². The number of urea groups is 1. The van der Waals surface area contributed by atoms with Gasteiger partial charge in [0.05, 0.1) is 0 Å². The Morgan fingerprint density at radius 2 is 2.00 bits per heavy atom. The Kier molecular flexibility index (Phi) is 6.28. The zero-order chi connectivity index (χ0) is 11.1. The molecule has 0 saturated heterocycles. The summed E-state index contributed by atoms with van der Waals surface area (Å²) in [5.74, 6) is -0.650. The van der Waals surface area contributed by atoms with Crippen molar-refractivity contribution >= 4 is 23.5 Å². The first kappa shape index (κ1) is 13.2. The monoisotopic (exact) mass is 220 g/mol. The van der Waals surface area contributed by atoms with E-state index in [1.165, 1.54) is 0 Å². The van der Waals surface area contributed by atoms with Crippen molar-refractivity contribution in [1.82, 2.24) is 10.2 Å². The molecule has 5 heteroatoms. The molecule has 0 radical (unpaired) electrons. The molecule has 0 saturated carbocycles. The Hall–Kier alpha value is -0.770. The lowest BCUT2D eigenvalue weighted by atomic mass is 10.2. The second kappa shape index (κ2) is 6.65. The fourth-order valence-electron chi connectivity index (χ4n) is 1.10. The first-order chi connectivity index (χ1) is 6.56. The SMILES string of the molecule is CCC(C)N(CC)C(=O)NC(=O)CCl. The number of carbonyl (C=O) groups excluding carboxylic acids is 2.